The van der Waals surface area contributed by atoms with Crippen molar-refractivity contribution >= 4 is 5.82 Å². The fourth-order valence-electron chi connectivity index (χ4n) is 1.96. The Balaban J connectivity index is 2.03. The van der Waals surface area contributed by atoms with Crippen LogP contribution in [0.15, 0.2) is 12.3 Å². The predicted molar refractivity (Wildman–Crippen MR) is 66.7 cm³/mol. The van der Waals surface area contributed by atoms with Crippen molar-refractivity contribution in [2.75, 3.05) is 39.0 Å². The molecule has 0 saturated carbocycles. The molecular weight excluding hydrogens is 200 g/mol. The average Bonchev–Trinajstić information content (AvgIpc) is 2.29. The summed E-state index contributed by atoms with van der Waals surface area (Å²) in [4.78, 5) is 6.60. The van der Waals surface area contributed by atoms with Crippen LogP contribution in [0, 0.1) is 0 Å². The molecule has 1 aromatic rings. The molecule has 0 saturated heterocycles. The summed E-state index contributed by atoms with van der Waals surface area (Å²) in [5.41, 5.74) is 2.77. The zero-order valence-electron chi connectivity index (χ0n) is 10.1. The second-order valence-electron chi connectivity index (χ2n) is 4.45. The second-order valence-corrected chi connectivity index (χ2v) is 4.45. The van der Waals surface area contributed by atoms with Gasteiger partial charge in [0.05, 0.1) is 0 Å². The molecule has 16 heavy (non-hydrogen) atoms. The van der Waals surface area contributed by atoms with Crippen molar-refractivity contribution < 1.29 is 0 Å². The zero-order chi connectivity index (χ0) is 11.4. The normalized spacial score (nSPS) is 14.9. The molecule has 0 spiro atoms. The van der Waals surface area contributed by atoms with E-state index in [9.17, 15) is 0 Å². The van der Waals surface area contributed by atoms with Gasteiger partial charge in [-0.15, -0.1) is 0 Å². The van der Waals surface area contributed by atoms with Crippen LogP contribution < -0.4 is 10.6 Å². The lowest BCUT2D eigenvalue weighted by Crippen LogP contribution is -2.26. The van der Waals surface area contributed by atoms with Crippen LogP contribution in [-0.4, -0.2) is 43.6 Å². The molecule has 0 unspecified atom stereocenters. The Kier molecular flexibility index (Phi) is 3.74. The monoisotopic (exact) mass is 220 g/mol. The minimum Gasteiger partial charge on any atom is -0.369 e. The highest BCUT2D eigenvalue weighted by atomic mass is 15.1. The SMILES string of the molecule is CN(C)CCNc1nccc2c1CCNC2. The highest BCUT2D eigenvalue weighted by molar-refractivity contribution is 5.49. The van der Waals surface area contributed by atoms with Crippen LogP contribution in [0.3, 0.4) is 0 Å². The number of hydrogen-bond acceptors (Lipinski definition) is 4. The van der Waals surface area contributed by atoms with Crippen molar-refractivity contribution in [1.29, 1.82) is 0 Å². The molecule has 0 bridgehead atoms. The van der Waals surface area contributed by atoms with Crippen molar-refractivity contribution in [1.82, 2.24) is 15.2 Å². The van der Waals surface area contributed by atoms with E-state index < -0.39 is 0 Å². The van der Waals surface area contributed by atoms with Gasteiger partial charge in [-0.05, 0) is 38.7 Å². The molecule has 2 rings (SSSR count). The van der Waals surface area contributed by atoms with Gasteiger partial charge in [0.25, 0.3) is 0 Å². The van der Waals surface area contributed by atoms with Crippen LogP contribution in [0.2, 0.25) is 0 Å². The van der Waals surface area contributed by atoms with E-state index in [1.54, 1.807) is 0 Å². The maximum Gasteiger partial charge on any atom is 0.129 e. The third kappa shape index (κ3) is 2.71. The first-order chi connectivity index (χ1) is 7.77. The summed E-state index contributed by atoms with van der Waals surface area (Å²) in [6.45, 7) is 4.01. The van der Waals surface area contributed by atoms with E-state index in [2.05, 4.69) is 40.7 Å². The van der Waals surface area contributed by atoms with E-state index in [-0.39, 0.29) is 0 Å². The van der Waals surface area contributed by atoms with E-state index in [1.807, 2.05) is 6.20 Å². The minimum atomic E-state index is 0.948. The maximum absolute atomic E-state index is 4.43. The summed E-state index contributed by atoms with van der Waals surface area (Å²) in [5.74, 6) is 1.07. The van der Waals surface area contributed by atoms with Gasteiger partial charge in [-0.25, -0.2) is 4.98 Å². The molecule has 1 aromatic heterocycles. The van der Waals surface area contributed by atoms with Gasteiger partial charge < -0.3 is 15.5 Å². The Hall–Kier alpha value is -1.13. The third-order valence-electron chi connectivity index (χ3n) is 2.87. The Labute approximate surface area is 97.1 Å². The molecule has 0 aliphatic carbocycles. The van der Waals surface area contributed by atoms with Crippen LogP contribution >= 0.6 is 0 Å². The van der Waals surface area contributed by atoms with Gasteiger partial charge in [0, 0.05) is 31.4 Å². The quantitative estimate of drug-likeness (QED) is 0.783. The van der Waals surface area contributed by atoms with Gasteiger partial charge in [0.15, 0.2) is 0 Å². The van der Waals surface area contributed by atoms with Crippen molar-refractivity contribution in [2.45, 2.75) is 13.0 Å². The first-order valence-corrected chi connectivity index (χ1v) is 5.83. The third-order valence-corrected chi connectivity index (χ3v) is 2.87. The first-order valence-electron chi connectivity index (χ1n) is 5.83. The largest absolute Gasteiger partial charge is 0.369 e. The van der Waals surface area contributed by atoms with Gasteiger partial charge in [-0.1, -0.05) is 0 Å². The lowest BCUT2D eigenvalue weighted by Gasteiger charge is -2.20. The van der Waals surface area contributed by atoms with Crippen LogP contribution in [0.25, 0.3) is 0 Å². The highest BCUT2D eigenvalue weighted by Crippen LogP contribution is 2.20. The maximum atomic E-state index is 4.43. The number of pyridine rings is 1. The molecule has 0 radical (unpaired) electrons. The molecular formula is C12H20N4. The summed E-state index contributed by atoms with van der Waals surface area (Å²) >= 11 is 0. The highest BCUT2D eigenvalue weighted by Gasteiger charge is 2.12. The smallest absolute Gasteiger partial charge is 0.129 e. The van der Waals surface area contributed by atoms with E-state index >= 15 is 0 Å². The number of aromatic nitrogens is 1. The number of rotatable bonds is 4. The van der Waals surface area contributed by atoms with Gasteiger partial charge in [0.2, 0.25) is 0 Å². The van der Waals surface area contributed by atoms with Crippen molar-refractivity contribution in [3.63, 3.8) is 0 Å². The number of hydrogen-bond donors (Lipinski definition) is 2. The second kappa shape index (κ2) is 5.27. The van der Waals surface area contributed by atoms with E-state index in [1.165, 1.54) is 11.1 Å². The number of nitrogens with zero attached hydrogens (tertiary/aromatic N) is 2. The Morgan fingerprint density at radius 2 is 2.38 bits per heavy atom. The van der Waals surface area contributed by atoms with Crippen molar-refractivity contribution in [2.24, 2.45) is 0 Å². The lowest BCUT2D eigenvalue weighted by molar-refractivity contribution is 0.425. The summed E-state index contributed by atoms with van der Waals surface area (Å²) < 4.78 is 0. The summed E-state index contributed by atoms with van der Waals surface area (Å²) in [7, 11) is 4.17. The molecule has 0 amide bonds. The molecule has 1 aliphatic heterocycles. The summed E-state index contributed by atoms with van der Waals surface area (Å²) in [6, 6.07) is 2.11. The van der Waals surface area contributed by atoms with Gasteiger partial charge in [0.1, 0.15) is 5.82 Å². The zero-order valence-corrected chi connectivity index (χ0v) is 10.1. The Morgan fingerprint density at radius 3 is 3.19 bits per heavy atom. The van der Waals surface area contributed by atoms with Crippen molar-refractivity contribution in [3.05, 3.63) is 23.4 Å². The fourth-order valence-corrected chi connectivity index (χ4v) is 1.96. The van der Waals surface area contributed by atoms with E-state index in [0.29, 0.717) is 0 Å². The molecule has 4 heteroatoms. The number of likely N-dealkylation sites (N-methyl/N-ethyl adjacent to an activating group) is 1. The molecule has 2 N–H and O–H groups in total. The Bertz CT molecular complexity index is 349. The summed E-state index contributed by atoms with van der Waals surface area (Å²) in [5, 5.41) is 6.80. The molecule has 0 atom stereocenters. The van der Waals surface area contributed by atoms with Gasteiger partial charge in [-0.2, -0.15) is 0 Å². The lowest BCUT2D eigenvalue weighted by atomic mass is 10.0. The van der Waals surface area contributed by atoms with Crippen LogP contribution in [0.4, 0.5) is 5.82 Å². The van der Waals surface area contributed by atoms with E-state index in [4.69, 9.17) is 0 Å². The van der Waals surface area contributed by atoms with Crippen LogP contribution in [0.5, 0.6) is 0 Å². The first kappa shape index (κ1) is 11.4. The molecule has 2 heterocycles. The predicted octanol–water partition coefficient (Wildman–Crippen LogP) is 0.701. The van der Waals surface area contributed by atoms with Gasteiger partial charge >= 0.3 is 0 Å². The van der Waals surface area contributed by atoms with Crippen LogP contribution in [-0.2, 0) is 13.0 Å². The summed E-state index contributed by atoms with van der Waals surface area (Å²) in [6.07, 6.45) is 2.97. The average molecular weight is 220 g/mol. The molecule has 88 valence electrons. The molecule has 1 aliphatic rings. The Morgan fingerprint density at radius 1 is 1.50 bits per heavy atom. The number of nitrogens with one attached hydrogen (secondary N) is 2. The standard InChI is InChI=1S/C12H20N4/c1-16(2)8-7-15-12-11-4-5-13-9-10(11)3-6-14-12/h3,6,13H,4-5,7-9H2,1-2H3,(H,14,15). The van der Waals surface area contributed by atoms with Gasteiger partial charge in [-0.3, -0.25) is 0 Å². The number of fused-ring (bicyclic) bond motifs is 1. The van der Waals surface area contributed by atoms with Crippen LogP contribution in [0.1, 0.15) is 11.1 Å². The number of anilines is 1. The molecule has 0 fully saturated rings. The molecule has 0 aromatic carbocycles. The van der Waals surface area contributed by atoms with E-state index in [0.717, 1.165) is 38.4 Å². The minimum absolute atomic E-state index is 0.948. The topological polar surface area (TPSA) is 40.2 Å². The fraction of sp³-hybridized carbons (Fsp3) is 0.583. The van der Waals surface area contributed by atoms with Crippen molar-refractivity contribution in [3.8, 4) is 0 Å². The molecule has 4 nitrogen and oxygen atoms in total.